The molecule has 2 aromatic carbocycles. The molecule has 3 rings (SSSR count). The van der Waals surface area contributed by atoms with Crippen LogP contribution in [-0.2, 0) is 17.1 Å². The number of aryl methyl sites for hydroxylation is 2. The van der Waals surface area contributed by atoms with Gasteiger partial charge in [-0.05, 0) is 42.2 Å². The van der Waals surface area contributed by atoms with E-state index in [0.29, 0.717) is 22.5 Å². The number of nitrogens with one attached hydrogen (secondary N) is 1. The fourth-order valence-corrected chi connectivity index (χ4v) is 4.63. The van der Waals surface area contributed by atoms with Crippen molar-refractivity contribution in [2.45, 2.75) is 31.6 Å². The van der Waals surface area contributed by atoms with Gasteiger partial charge in [0.1, 0.15) is 10.6 Å². The maximum atomic E-state index is 13.0. The van der Waals surface area contributed by atoms with Crippen LogP contribution in [0.4, 0.5) is 5.69 Å². The molecule has 9 heteroatoms. The first-order chi connectivity index (χ1) is 13.0. The highest BCUT2D eigenvalue weighted by molar-refractivity contribution is 7.92. The highest BCUT2D eigenvalue weighted by Crippen LogP contribution is 2.34. The van der Waals surface area contributed by atoms with Gasteiger partial charge in [-0.25, -0.2) is 13.2 Å². The number of benzene rings is 2. The summed E-state index contributed by atoms with van der Waals surface area (Å²) in [6, 6.07) is 6.19. The highest BCUT2D eigenvalue weighted by atomic mass is 35.5. The molecule has 1 N–H and O–H groups in total. The molecule has 1 aromatic heterocycles. The van der Waals surface area contributed by atoms with Crippen LogP contribution in [0, 0.1) is 6.92 Å². The van der Waals surface area contributed by atoms with Gasteiger partial charge >= 0.3 is 5.76 Å². The van der Waals surface area contributed by atoms with E-state index in [2.05, 4.69) is 4.72 Å². The fraction of sp³-hybridized carbons (Fsp3) is 0.316. The second kappa shape index (κ2) is 7.18. The summed E-state index contributed by atoms with van der Waals surface area (Å²) < 4.78 is 40.3. The van der Waals surface area contributed by atoms with E-state index in [1.54, 1.807) is 26.2 Å². The predicted molar refractivity (Wildman–Crippen MR) is 109 cm³/mol. The normalized spacial score (nSPS) is 12.0. The average molecular weight is 425 g/mol. The Hall–Kier alpha value is -2.45. The summed E-state index contributed by atoms with van der Waals surface area (Å²) in [6.45, 7) is 5.77. The molecule has 1 heterocycles. The number of anilines is 1. The van der Waals surface area contributed by atoms with E-state index in [1.807, 2.05) is 13.8 Å². The minimum absolute atomic E-state index is 0.00773. The first kappa shape index (κ1) is 20.3. The molecule has 0 amide bonds. The molecule has 0 atom stereocenters. The van der Waals surface area contributed by atoms with E-state index in [-0.39, 0.29) is 21.4 Å². The van der Waals surface area contributed by atoms with Crippen molar-refractivity contribution in [3.63, 3.8) is 0 Å². The van der Waals surface area contributed by atoms with Crippen LogP contribution in [-0.4, -0.2) is 20.1 Å². The fourth-order valence-electron chi connectivity index (χ4n) is 2.97. The van der Waals surface area contributed by atoms with Crippen molar-refractivity contribution < 1.29 is 17.6 Å². The Morgan fingerprint density at radius 2 is 1.89 bits per heavy atom. The van der Waals surface area contributed by atoms with Gasteiger partial charge < -0.3 is 9.15 Å². The molecule has 0 fully saturated rings. The molecule has 3 aromatic rings. The number of rotatable bonds is 5. The van der Waals surface area contributed by atoms with Crippen LogP contribution in [0.25, 0.3) is 11.1 Å². The van der Waals surface area contributed by atoms with E-state index in [9.17, 15) is 13.2 Å². The number of methoxy groups -OCH3 is 1. The third-order valence-corrected chi connectivity index (χ3v) is 6.41. The van der Waals surface area contributed by atoms with Crippen LogP contribution in [0.2, 0.25) is 5.02 Å². The minimum Gasteiger partial charge on any atom is -0.496 e. The standard InChI is InChI=1S/C19H21ClN2O5S/c1-10(2)12-7-14(11(3)6-16(12)26-5)21-28(24,25)18-9-17-15(8-13(18)20)22(4)19(23)27-17/h6-10,21H,1-5H3. The van der Waals surface area contributed by atoms with Gasteiger partial charge in [0.2, 0.25) is 0 Å². The summed E-state index contributed by atoms with van der Waals surface area (Å²) in [5.41, 5.74) is 2.56. The third-order valence-electron chi connectivity index (χ3n) is 4.58. The zero-order valence-corrected chi connectivity index (χ0v) is 17.7. The number of oxazole rings is 1. The van der Waals surface area contributed by atoms with Crippen molar-refractivity contribution in [2.24, 2.45) is 7.05 Å². The van der Waals surface area contributed by atoms with E-state index in [4.69, 9.17) is 20.8 Å². The van der Waals surface area contributed by atoms with Crippen molar-refractivity contribution in [1.82, 2.24) is 4.57 Å². The lowest BCUT2D eigenvalue weighted by Crippen LogP contribution is -2.15. The van der Waals surface area contributed by atoms with Crippen molar-refractivity contribution in [3.8, 4) is 5.75 Å². The largest absolute Gasteiger partial charge is 0.496 e. The lowest BCUT2D eigenvalue weighted by molar-refractivity contribution is 0.407. The summed E-state index contributed by atoms with van der Waals surface area (Å²) in [5, 5.41) is -0.00773. The molecule has 0 aliphatic carbocycles. The molecule has 0 saturated heterocycles. The summed E-state index contributed by atoms with van der Waals surface area (Å²) in [5.74, 6) is 0.236. The van der Waals surface area contributed by atoms with Crippen LogP contribution >= 0.6 is 11.6 Å². The van der Waals surface area contributed by atoms with Crippen LogP contribution in [0.15, 0.2) is 38.4 Å². The molecule has 0 aliphatic rings. The summed E-state index contributed by atoms with van der Waals surface area (Å²) in [4.78, 5) is 11.5. The van der Waals surface area contributed by atoms with Gasteiger partial charge in [0.05, 0.1) is 23.3 Å². The molecular weight excluding hydrogens is 404 g/mol. The van der Waals surface area contributed by atoms with Crippen LogP contribution in [0.1, 0.15) is 30.9 Å². The zero-order valence-electron chi connectivity index (χ0n) is 16.2. The number of nitrogens with zero attached hydrogens (tertiary/aromatic N) is 1. The maximum absolute atomic E-state index is 13.0. The molecule has 0 aliphatic heterocycles. The van der Waals surface area contributed by atoms with Gasteiger partial charge in [0, 0.05) is 13.1 Å². The molecule has 28 heavy (non-hydrogen) atoms. The van der Waals surface area contributed by atoms with Gasteiger partial charge in [-0.3, -0.25) is 9.29 Å². The van der Waals surface area contributed by atoms with Gasteiger partial charge in [0.25, 0.3) is 10.0 Å². The number of aromatic nitrogens is 1. The molecule has 0 saturated carbocycles. The summed E-state index contributed by atoms with van der Waals surface area (Å²) in [6.07, 6.45) is 0. The lowest BCUT2D eigenvalue weighted by Gasteiger charge is -2.17. The molecule has 150 valence electrons. The smallest absolute Gasteiger partial charge is 0.419 e. The minimum atomic E-state index is -4.02. The van der Waals surface area contributed by atoms with Gasteiger partial charge in [-0.2, -0.15) is 0 Å². The number of ether oxygens (including phenoxy) is 1. The molecule has 0 bridgehead atoms. The number of hydrogen-bond donors (Lipinski definition) is 1. The van der Waals surface area contributed by atoms with Gasteiger partial charge in [-0.15, -0.1) is 0 Å². The molecule has 7 nitrogen and oxygen atoms in total. The maximum Gasteiger partial charge on any atom is 0.419 e. The second-order valence-corrected chi connectivity index (χ2v) is 8.90. The quantitative estimate of drug-likeness (QED) is 0.667. The molecular formula is C19H21ClN2O5S. The highest BCUT2D eigenvalue weighted by Gasteiger charge is 2.23. The van der Waals surface area contributed by atoms with Crippen LogP contribution < -0.4 is 15.2 Å². The van der Waals surface area contributed by atoms with Gasteiger partial charge in [0.15, 0.2) is 5.58 Å². The van der Waals surface area contributed by atoms with Crippen molar-refractivity contribution in [1.29, 1.82) is 0 Å². The first-order valence-corrected chi connectivity index (χ1v) is 10.4. The number of halogens is 1. The molecule has 0 spiro atoms. The lowest BCUT2D eigenvalue weighted by atomic mass is 9.99. The van der Waals surface area contributed by atoms with Gasteiger partial charge in [-0.1, -0.05) is 25.4 Å². The summed E-state index contributed by atoms with van der Waals surface area (Å²) in [7, 11) is -0.922. The second-order valence-electron chi connectivity index (χ2n) is 6.85. The Labute approximate surface area is 167 Å². The van der Waals surface area contributed by atoms with Crippen LogP contribution in [0.3, 0.4) is 0 Å². The van der Waals surface area contributed by atoms with Crippen molar-refractivity contribution >= 4 is 38.4 Å². The number of fused-ring (bicyclic) bond motifs is 1. The zero-order chi connectivity index (χ0) is 20.8. The topological polar surface area (TPSA) is 90.5 Å². The Balaban J connectivity index is 2.10. The van der Waals surface area contributed by atoms with E-state index >= 15 is 0 Å². The predicted octanol–water partition coefficient (Wildman–Crippen LogP) is 4.03. The number of hydrogen-bond acceptors (Lipinski definition) is 5. The number of sulfonamides is 1. The Kier molecular flexibility index (Phi) is 5.20. The molecule has 0 radical (unpaired) electrons. The average Bonchev–Trinajstić information content (AvgIpc) is 2.89. The van der Waals surface area contributed by atoms with Crippen molar-refractivity contribution in [3.05, 3.63) is 51.0 Å². The summed E-state index contributed by atoms with van der Waals surface area (Å²) >= 11 is 6.21. The van der Waals surface area contributed by atoms with Crippen LogP contribution in [0.5, 0.6) is 5.75 Å². The Morgan fingerprint density at radius 1 is 1.21 bits per heavy atom. The Morgan fingerprint density at radius 3 is 2.50 bits per heavy atom. The monoisotopic (exact) mass is 424 g/mol. The molecule has 0 unspecified atom stereocenters. The SMILES string of the molecule is COc1cc(C)c(NS(=O)(=O)c2cc3oc(=O)n(C)c3cc2Cl)cc1C(C)C. The van der Waals surface area contributed by atoms with E-state index in [1.165, 1.54) is 23.7 Å². The third kappa shape index (κ3) is 3.49. The Bertz CT molecular complexity index is 1230. The van der Waals surface area contributed by atoms with Crippen molar-refractivity contribution in [2.75, 3.05) is 11.8 Å². The first-order valence-electron chi connectivity index (χ1n) is 8.55. The van der Waals surface area contributed by atoms with E-state index in [0.717, 1.165) is 5.56 Å². The van der Waals surface area contributed by atoms with E-state index < -0.39 is 15.8 Å².